The Bertz CT molecular complexity index is 1240. The molecule has 0 aliphatic carbocycles. The van der Waals surface area contributed by atoms with E-state index >= 15 is 0 Å². The molecule has 0 aromatic heterocycles. The van der Waals surface area contributed by atoms with Gasteiger partial charge >= 0.3 is 0 Å². The third-order valence-electron chi connectivity index (χ3n) is 5.38. The molecule has 0 heterocycles. The molecule has 4 nitrogen and oxygen atoms in total. The van der Waals surface area contributed by atoms with Crippen LogP contribution in [0.2, 0.25) is 5.02 Å². The Balaban J connectivity index is 1.48. The van der Waals surface area contributed by atoms with Crippen LogP contribution in [-0.2, 0) is 6.61 Å². The topological polar surface area (TPSA) is 47.6 Å². The summed E-state index contributed by atoms with van der Waals surface area (Å²) >= 11 is 5.96. The molecule has 0 bridgehead atoms. The summed E-state index contributed by atoms with van der Waals surface area (Å²) in [5.74, 6) is 1.27. The van der Waals surface area contributed by atoms with E-state index in [1.807, 2.05) is 67.6 Å². The van der Waals surface area contributed by atoms with Gasteiger partial charge in [-0.15, -0.1) is 0 Å². The predicted molar refractivity (Wildman–Crippen MR) is 129 cm³/mol. The number of nitrogens with one attached hydrogen (secondary N) is 1. The number of carbonyl (C=O) groups excluding carboxylic acids is 1. The number of hydrogen-bond acceptors (Lipinski definition) is 3. The number of halogens is 1. The lowest BCUT2D eigenvalue weighted by atomic mass is 10.1. The number of methoxy groups -OCH3 is 1. The molecule has 1 N–H and O–H groups in total. The molecule has 1 amide bonds. The Kier molecular flexibility index (Phi) is 6.62. The fourth-order valence-corrected chi connectivity index (χ4v) is 3.69. The SMILES string of the molecule is COc1ccc(C(=O)N[C@H](C)c2ccc(Cl)cc2)cc1COc1ccc2ccccc2c1. The molecule has 0 radical (unpaired) electrons. The van der Waals surface area contributed by atoms with Gasteiger partial charge in [-0.25, -0.2) is 0 Å². The first-order valence-electron chi connectivity index (χ1n) is 10.4. The Hall–Kier alpha value is -3.50. The average molecular weight is 446 g/mol. The molecule has 162 valence electrons. The summed E-state index contributed by atoms with van der Waals surface area (Å²) < 4.78 is 11.5. The minimum absolute atomic E-state index is 0.154. The summed E-state index contributed by atoms with van der Waals surface area (Å²) in [4.78, 5) is 12.8. The second kappa shape index (κ2) is 9.75. The predicted octanol–water partition coefficient (Wildman–Crippen LogP) is 6.57. The maximum atomic E-state index is 12.8. The third kappa shape index (κ3) is 5.04. The van der Waals surface area contributed by atoms with E-state index in [1.54, 1.807) is 19.2 Å². The minimum Gasteiger partial charge on any atom is -0.496 e. The standard InChI is InChI=1S/C27H24ClNO3/c1-18(19-7-11-24(28)12-8-19)29-27(30)22-10-14-26(31-2)23(15-22)17-32-25-13-9-20-5-3-4-6-21(20)16-25/h3-16,18H,17H2,1-2H3,(H,29,30)/t18-/m1/s1. The average Bonchev–Trinajstić information content (AvgIpc) is 2.82. The largest absolute Gasteiger partial charge is 0.496 e. The second-order valence-corrected chi connectivity index (χ2v) is 8.01. The van der Waals surface area contributed by atoms with Gasteiger partial charge in [0.15, 0.2) is 0 Å². The van der Waals surface area contributed by atoms with Crippen LogP contribution in [0.5, 0.6) is 11.5 Å². The number of hydrogen-bond donors (Lipinski definition) is 1. The van der Waals surface area contributed by atoms with Crippen molar-refractivity contribution >= 4 is 28.3 Å². The van der Waals surface area contributed by atoms with Gasteiger partial charge in [-0.1, -0.05) is 54.1 Å². The zero-order valence-electron chi connectivity index (χ0n) is 18.0. The molecule has 0 fully saturated rings. The van der Waals surface area contributed by atoms with Crippen molar-refractivity contribution in [1.29, 1.82) is 0 Å². The van der Waals surface area contributed by atoms with E-state index in [0.717, 1.165) is 27.6 Å². The lowest BCUT2D eigenvalue weighted by Gasteiger charge is -2.16. The Morgan fingerprint density at radius 2 is 1.69 bits per heavy atom. The molecule has 1 atom stereocenters. The Morgan fingerprint density at radius 3 is 2.44 bits per heavy atom. The summed E-state index contributed by atoms with van der Waals surface area (Å²) in [6.07, 6.45) is 0. The fraction of sp³-hybridized carbons (Fsp3) is 0.148. The summed E-state index contributed by atoms with van der Waals surface area (Å²) in [6, 6.07) is 26.8. The first-order chi connectivity index (χ1) is 15.5. The van der Waals surface area contributed by atoms with Crippen molar-refractivity contribution in [2.45, 2.75) is 19.6 Å². The molecule has 5 heteroatoms. The van der Waals surface area contributed by atoms with E-state index in [4.69, 9.17) is 21.1 Å². The van der Waals surface area contributed by atoms with Crippen molar-refractivity contribution in [1.82, 2.24) is 5.32 Å². The van der Waals surface area contributed by atoms with Crippen LogP contribution < -0.4 is 14.8 Å². The lowest BCUT2D eigenvalue weighted by Crippen LogP contribution is -2.26. The molecular weight excluding hydrogens is 422 g/mol. The van der Waals surface area contributed by atoms with Gasteiger partial charge in [-0.3, -0.25) is 4.79 Å². The van der Waals surface area contributed by atoms with Gasteiger partial charge in [-0.2, -0.15) is 0 Å². The van der Waals surface area contributed by atoms with E-state index in [9.17, 15) is 4.79 Å². The quantitative estimate of drug-likeness (QED) is 0.350. The maximum Gasteiger partial charge on any atom is 0.251 e. The number of benzene rings is 4. The van der Waals surface area contributed by atoms with Gasteiger partial charge in [0.2, 0.25) is 0 Å². The third-order valence-corrected chi connectivity index (χ3v) is 5.63. The summed E-state index contributed by atoms with van der Waals surface area (Å²) in [7, 11) is 1.61. The molecule has 4 aromatic carbocycles. The molecule has 0 aliphatic rings. The lowest BCUT2D eigenvalue weighted by molar-refractivity contribution is 0.0939. The van der Waals surface area contributed by atoms with Crippen LogP contribution in [0.1, 0.15) is 34.5 Å². The molecule has 0 saturated heterocycles. The Morgan fingerprint density at radius 1 is 0.938 bits per heavy atom. The van der Waals surface area contributed by atoms with Crippen molar-refractivity contribution in [3.63, 3.8) is 0 Å². The van der Waals surface area contributed by atoms with E-state index < -0.39 is 0 Å². The van der Waals surface area contributed by atoms with Crippen molar-refractivity contribution in [3.05, 3.63) is 107 Å². The van der Waals surface area contributed by atoms with Crippen LogP contribution in [0, 0.1) is 0 Å². The zero-order valence-corrected chi connectivity index (χ0v) is 18.7. The molecule has 4 aromatic rings. The highest BCUT2D eigenvalue weighted by Gasteiger charge is 2.14. The normalized spacial score (nSPS) is 11.7. The van der Waals surface area contributed by atoms with E-state index in [-0.39, 0.29) is 18.6 Å². The van der Waals surface area contributed by atoms with Gasteiger partial charge in [0, 0.05) is 16.1 Å². The summed E-state index contributed by atoms with van der Waals surface area (Å²) in [6.45, 7) is 2.23. The molecule has 0 spiro atoms. The van der Waals surface area contributed by atoms with Crippen LogP contribution in [-0.4, -0.2) is 13.0 Å². The van der Waals surface area contributed by atoms with Gasteiger partial charge < -0.3 is 14.8 Å². The van der Waals surface area contributed by atoms with Gasteiger partial charge in [0.25, 0.3) is 5.91 Å². The highest BCUT2D eigenvalue weighted by molar-refractivity contribution is 6.30. The van der Waals surface area contributed by atoms with Gasteiger partial charge in [0.05, 0.1) is 13.2 Å². The van der Waals surface area contributed by atoms with Crippen molar-refractivity contribution in [2.24, 2.45) is 0 Å². The number of fused-ring (bicyclic) bond motifs is 1. The molecule has 32 heavy (non-hydrogen) atoms. The number of carbonyl (C=O) groups is 1. The van der Waals surface area contributed by atoms with Gasteiger partial charge in [-0.05, 0) is 65.7 Å². The van der Waals surface area contributed by atoms with Crippen LogP contribution in [0.15, 0.2) is 84.9 Å². The summed E-state index contributed by atoms with van der Waals surface area (Å²) in [5, 5.41) is 5.96. The zero-order chi connectivity index (χ0) is 22.5. The molecule has 0 saturated carbocycles. The number of amides is 1. The fourth-order valence-electron chi connectivity index (χ4n) is 3.57. The van der Waals surface area contributed by atoms with Gasteiger partial charge in [0.1, 0.15) is 18.1 Å². The smallest absolute Gasteiger partial charge is 0.251 e. The van der Waals surface area contributed by atoms with E-state index in [0.29, 0.717) is 16.3 Å². The minimum atomic E-state index is -0.165. The Labute approximate surface area is 192 Å². The molecule has 4 rings (SSSR count). The second-order valence-electron chi connectivity index (χ2n) is 7.57. The summed E-state index contributed by atoms with van der Waals surface area (Å²) in [5.41, 5.74) is 2.33. The molecular formula is C27H24ClNO3. The van der Waals surface area contributed by atoms with Crippen LogP contribution >= 0.6 is 11.6 Å². The van der Waals surface area contributed by atoms with Crippen LogP contribution in [0.25, 0.3) is 10.8 Å². The number of rotatable bonds is 7. The molecule has 0 unspecified atom stereocenters. The maximum absolute atomic E-state index is 12.8. The van der Waals surface area contributed by atoms with E-state index in [1.165, 1.54) is 0 Å². The van der Waals surface area contributed by atoms with Crippen LogP contribution in [0.3, 0.4) is 0 Å². The first-order valence-corrected chi connectivity index (χ1v) is 10.8. The highest BCUT2D eigenvalue weighted by Crippen LogP contribution is 2.25. The highest BCUT2D eigenvalue weighted by atomic mass is 35.5. The number of ether oxygens (including phenoxy) is 2. The van der Waals surface area contributed by atoms with Crippen LogP contribution in [0.4, 0.5) is 0 Å². The monoisotopic (exact) mass is 445 g/mol. The van der Waals surface area contributed by atoms with Crippen molar-refractivity contribution in [2.75, 3.05) is 7.11 Å². The van der Waals surface area contributed by atoms with Crippen molar-refractivity contribution in [3.8, 4) is 11.5 Å². The van der Waals surface area contributed by atoms with E-state index in [2.05, 4.69) is 17.4 Å². The van der Waals surface area contributed by atoms with Crippen molar-refractivity contribution < 1.29 is 14.3 Å². The molecule has 0 aliphatic heterocycles. The first kappa shape index (κ1) is 21.7.